The molecule has 2 aromatic carbocycles. The van der Waals surface area contributed by atoms with Gasteiger partial charge in [0.05, 0.1) is 23.4 Å². The average Bonchev–Trinajstić information content (AvgIpc) is 3.39. The van der Waals surface area contributed by atoms with Crippen molar-refractivity contribution in [2.45, 2.75) is 33.8 Å². The van der Waals surface area contributed by atoms with Gasteiger partial charge in [0.25, 0.3) is 0 Å². The fraction of sp³-hybridized carbons (Fsp3) is 0.200. The first-order chi connectivity index (χ1) is 16.4. The maximum atomic E-state index is 12.5. The molecular formula is C25H24N4O4S. The molecule has 0 radical (unpaired) electrons. The maximum Gasteiger partial charge on any atom is 0.230 e. The van der Waals surface area contributed by atoms with E-state index in [1.807, 2.05) is 67.8 Å². The summed E-state index contributed by atoms with van der Waals surface area (Å²) in [6.07, 6.45) is 0.227. The normalized spacial score (nSPS) is 10.7. The summed E-state index contributed by atoms with van der Waals surface area (Å²) in [5.41, 5.74) is 5.01. The van der Waals surface area contributed by atoms with E-state index < -0.39 is 0 Å². The van der Waals surface area contributed by atoms with E-state index in [1.165, 1.54) is 18.3 Å². The van der Waals surface area contributed by atoms with Gasteiger partial charge in [0, 0.05) is 23.6 Å². The Labute approximate surface area is 201 Å². The minimum absolute atomic E-state index is 0.120. The van der Waals surface area contributed by atoms with Crippen LogP contribution in [0.25, 0.3) is 11.3 Å². The number of nitrogens with one attached hydrogen (secondary N) is 2. The number of amides is 2. The van der Waals surface area contributed by atoms with Gasteiger partial charge < -0.3 is 19.9 Å². The molecule has 34 heavy (non-hydrogen) atoms. The molecule has 2 N–H and O–H groups in total. The SMILES string of the molecule is CC(=O)Nc1ccc(-c2csc(NC(=O)Cc3ccc(OCc4c(C)noc4C)cc3)n2)cc1. The van der Waals surface area contributed by atoms with Crippen LogP contribution >= 0.6 is 11.3 Å². The predicted octanol–water partition coefficient (Wildman–Crippen LogP) is 5.13. The zero-order valence-corrected chi connectivity index (χ0v) is 19.9. The van der Waals surface area contributed by atoms with Crippen molar-refractivity contribution in [1.29, 1.82) is 0 Å². The molecule has 2 aromatic heterocycles. The lowest BCUT2D eigenvalue weighted by Gasteiger charge is -2.07. The van der Waals surface area contributed by atoms with Crippen molar-refractivity contribution < 1.29 is 18.8 Å². The number of carbonyl (C=O) groups excluding carboxylic acids is 2. The number of rotatable bonds is 8. The molecule has 9 heteroatoms. The highest BCUT2D eigenvalue weighted by Crippen LogP contribution is 2.26. The van der Waals surface area contributed by atoms with Gasteiger partial charge in [-0.15, -0.1) is 11.3 Å². The second-order valence-electron chi connectivity index (χ2n) is 7.76. The number of nitrogens with zero attached hydrogens (tertiary/aromatic N) is 2. The highest BCUT2D eigenvalue weighted by atomic mass is 32.1. The Morgan fingerprint density at radius 2 is 1.76 bits per heavy atom. The minimum Gasteiger partial charge on any atom is -0.489 e. The molecule has 0 saturated carbocycles. The summed E-state index contributed by atoms with van der Waals surface area (Å²) in [6.45, 7) is 5.58. The van der Waals surface area contributed by atoms with E-state index in [2.05, 4.69) is 20.8 Å². The molecule has 0 aliphatic carbocycles. The topological polar surface area (TPSA) is 106 Å². The molecule has 0 aliphatic heterocycles. The molecule has 0 bridgehead atoms. The second kappa shape index (κ2) is 10.3. The molecule has 4 rings (SSSR count). The van der Waals surface area contributed by atoms with E-state index in [0.29, 0.717) is 17.5 Å². The van der Waals surface area contributed by atoms with E-state index in [0.717, 1.165) is 39.5 Å². The van der Waals surface area contributed by atoms with Gasteiger partial charge in [-0.25, -0.2) is 4.98 Å². The highest BCUT2D eigenvalue weighted by molar-refractivity contribution is 7.14. The summed E-state index contributed by atoms with van der Waals surface area (Å²) >= 11 is 1.36. The predicted molar refractivity (Wildman–Crippen MR) is 131 cm³/mol. The standard InChI is InChI=1S/C25H24N4O4S/c1-15-22(16(2)33-29-15)13-32-21-10-4-18(5-11-21)12-24(31)28-25-27-23(14-34-25)19-6-8-20(9-7-19)26-17(3)30/h4-11,14H,12-13H2,1-3H3,(H,26,30)(H,27,28,31). The maximum absolute atomic E-state index is 12.5. The van der Waals surface area contributed by atoms with Gasteiger partial charge in [-0.05, 0) is 43.7 Å². The zero-order chi connectivity index (χ0) is 24.1. The van der Waals surface area contributed by atoms with Gasteiger partial charge >= 0.3 is 0 Å². The molecule has 2 heterocycles. The van der Waals surface area contributed by atoms with Crippen LogP contribution in [0, 0.1) is 13.8 Å². The smallest absolute Gasteiger partial charge is 0.230 e. The second-order valence-corrected chi connectivity index (χ2v) is 8.61. The summed E-state index contributed by atoms with van der Waals surface area (Å²) in [7, 11) is 0. The Bertz CT molecular complexity index is 1270. The average molecular weight is 477 g/mol. The molecule has 8 nitrogen and oxygen atoms in total. The van der Waals surface area contributed by atoms with Gasteiger partial charge in [-0.3, -0.25) is 9.59 Å². The third-order valence-corrected chi connectivity index (χ3v) is 5.86. The zero-order valence-electron chi connectivity index (χ0n) is 19.0. The van der Waals surface area contributed by atoms with Crippen LogP contribution in [0.3, 0.4) is 0 Å². The molecular weight excluding hydrogens is 452 g/mol. The number of aromatic nitrogens is 2. The number of hydrogen-bond acceptors (Lipinski definition) is 7. The van der Waals surface area contributed by atoms with Gasteiger partial charge in [-0.2, -0.15) is 0 Å². The quantitative estimate of drug-likeness (QED) is 0.365. The number of carbonyl (C=O) groups is 2. The monoisotopic (exact) mass is 476 g/mol. The Balaban J connectivity index is 1.30. The Morgan fingerprint density at radius 3 is 2.41 bits per heavy atom. The van der Waals surface area contributed by atoms with Gasteiger partial charge in [-0.1, -0.05) is 29.4 Å². The van der Waals surface area contributed by atoms with E-state index in [-0.39, 0.29) is 18.2 Å². The summed E-state index contributed by atoms with van der Waals surface area (Å²) in [5, 5.41) is 11.9. The van der Waals surface area contributed by atoms with E-state index in [9.17, 15) is 9.59 Å². The number of benzene rings is 2. The summed E-state index contributed by atoms with van der Waals surface area (Å²) in [6, 6.07) is 14.8. The number of ether oxygens (including phenoxy) is 1. The molecule has 0 aliphatic rings. The van der Waals surface area contributed by atoms with Gasteiger partial charge in [0.15, 0.2) is 5.13 Å². The molecule has 4 aromatic rings. The first-order valence-electron chi connectivity index (χ1n) is 10.6. The highest BCUT2D eigenvalue weighted by Gasteiger charge is 2.11. The van der Waals surface area contributed by atoms with Crippen LogP contribution in [0.4, 0.5) is 10.8 Å². The molecule has 0 spiro atoms. The van der Waals surface area contributed by atoms with Gasteiger partial charge in [0.2, 0.25) is 11.8 Å². The lowest BCUT2D eigenvalue weighted by atomic mass is 10.1. The van der Waals surface area contributed by atoms with Gasteiger partial charge in [0.1, 0.15) is 18.1 Å². The number of anilines is 2. The summed E-state index contributed by atoms with van der Waals surface area (Å²) in [5.74, 6) is 1.19. The molecule has 0 atom stereocenters. The molecule has 0 fully saturated rings. The van der Waals surface area contributed by atoms with Crippen LogP contribution in [0.5, 0.6) is 5.75 Å². The number of thiazole rings is 1. The molecule has 174 valence electrons. The number of aryl methyl sites for hydroxylation is 2. The Hall–Kier alpha value is -3.98. The fourth-order valence-electron chi connectivity index (χ4n) is 3.31. The summed E-state index contributed by atoms with van der Waals surface area (Å²) in [4.78, 5) is 28.1. The van der Waals surface area contributed by atoms with Crippen LogP contribution in [-0.2, 0) is 22.6 Å². The third kappa shape index (κ3) is 5.87. The van der Waals surface area contributed by atoms with Crippen molar-refractivity contribution in [3.05, 3.63) is 76.5 Å². The van der Waals surface area contributed by atoms with Crippen LogP contribution in [0.2, 0.25) is 0 Å². The van der Waals surface area contributed by atoms with Crippen molar-refractivity contribution >= 4 is 34.0 Å². The van der Waals surface area contributed by atoms with Crippen molar-refractivity contribution in [3.8, 4) is 17.0 Å². The lowest BCUT2D eigenvalue weighted by molar-refractivity contribution is -0.116. The Morgan fingerprint density at radius 1 is 1.03 bits per heavy atom. The number of hydrogen-bond donors (Lipinski definition) is 2. The molecule has 0 saturated heterocycles. The molecule has 2 amide bonds. The largest absolute Gasteiger partial charge is 0.489 e. The third-order valence-electron chi connectivity index (χ3n) is 5.10. The lowest BCUT2D eigenvalue weighted by Crippen LogP contribution is -2.14. The first kappa shape index (κ1) is 23.2. The van der Waals surface area contributed by atoms with Crippen molar-refractivity contribution in [2.24, 2.45) is 0 Å². The van der Waals surface area contributed by atoms with E-state index >= 15 is 0 Å². The molecule has 0 unspecified atom stereocenters. The van der Waals surface area contributed by atoms with E-state index in [4.69, 9.17) is 9.26 Å². The summed E-state index contributed by atoms with van der Waals surface area (Å²) < 4.78 is 11.0. The van der Waals surface area contributed by atoms with Crippen molar-refractivity contribution in [2.75, 3.05) is 10.6 Å². The van der Waals surface area contributed by atoms with Crippen LogP contribution in [0.1, 0.15) is 29.5 Å². The fourth-order valence-corrected chi connectivity index (χ4v) is 4.04. The van der Waals surface area contributed by atoms with E-state index in [1.54, 1.807) is 0 Å². The minimum atomic E-state index is -0.147. The van der Waals surface area contributed by atoms with Crippen LogP contribution < -0.4 is 15.4 Å². The first-order valence-corrected chi connectivity index (χ1v) is 11.5. The van der Waals surface area contributed by atoms with Crippen LogP contribution in [-0.4, -0.2) is 22.0 Å². The Kier molecular flexibility index (Phi) is 7.03. The van der Waals surface area contributed by atoms with Crippen molar-refractivity contribution in [3.63, 3.8) is 0 Å². The van der Waals surface area contributed by atoms with Crippen LogP contribution in [0.15, 0.2) is 58.4 Å². The van der Waals surface area contributed by atoms with Crippen molar-refractivity contribution in [1.82, 2.24) is 10.1 Å².